The van der Waals surface area contributed by atoms with E-state index in [1.54, 1.807) is 29.3 Å². The lowest BCUT2D eigenvalue weighted by molar-refractivity contribution is 0.0979. The van der Waals surface area contributed by atoms with Gasteiger partial charge in [0.15, 0.2) is 17.3 Å². The van der Waals surface area contributed by atoms with Crippen LogP contribution in [0.3, 0.4) is 0 Å². The van der Waals surface area contributed by atoms with E-state index in [9.17, 15) is 9.59 Å². The van der Waals surface area contributed by atoms with Gasteiger partial charge >= 0.3 is 5.69 Å². The van der Waals surface area contributed by atoms with Gasteiger partial charge in [-0.15, -0.1) is 0 Å². The van der Waals surface area contributed by atoms with Gasteiger partial charge < -0.3 is 14.8 Å². The van der Waals surface area contributed by atoms with Gasteiger partial charge in [0.1, 0.15) is 6.61 Å². The molecule has 0 saturated carbocycles. The van der Waals surface area contributed by atoms with E-state index in [0.29, 0.717) is 25.2 Å². The zero-order valence-corrected chi connectivity index (χ0v) is 18.5. The van der Waals surface area contributed by atoms with E-state index in [-0.39, 0.29) is 11.5 Å². The summed E-state index contributed by atoms with van der Waals surface area (Å²) < 4.78 is 14.5. The number of fused-ring (bicyclic) bond motifs is 1. The molecule has 0 aliphatic rings. The highest BCUT2D eigenvalue weighted by atomic mass is 16.5. The van der Waals surface area contributed by atoms with Crippen molar-refractivity contribution < 1.29 is 14.3 Å². The van der Waals surface area contributed by atoms with Gasteiger partial charge in [0, 0.05) is 32.6 Å². The Morgan fingerprint density at radius 1 is 0.935 bits per heavy atom. The second-order valence-corrected chi connectivity index (χ2v) is 7.46. The van der Waals surface area contributed by atoms with Crippen LogP contribution in [-0.2, 0) is 14.1 Å². The van der Waals surface area contributed by atoms with E-state index in [4.69, 9.17) is 9.47 Å². The standard InChI is InChI=1S/C24H31N3O4/c1-4-30-22-10-5-6-11-23(22)31-16-15-25-14-8-7-9-21(28)18-12-13-19-20(17-18)27(3)24(29)26(19)2/h5-6,10-13,17,25H,4,7-9,14-16H2,1-3H3. The number of aryl methyl sites for hydroxylation is 2. The fraction of sp³-hybridized carbons (Fsp3) is 0.417. The molecule has 0 aliphatic carbocycles. The van der Waals surface area contributed by atoms with E-state index in [1.165, 1.54) is 0 Å². The maximum Gasteiger partial charge on any atom is 0.328 e. The molecule has 7 heteroatoms. The number of ketones is 1. The lowest BCUT2D eigenvalue weighted by Gasteiger charge is -2.11. The van der Waals surface area contributed by atoms with Gasteiger partial charge in [0.25, 0.3) is 0 Å². The largest absolute Gasteiger partial charge is 0.490 e. The summed E-state index contributed by atoms with van der Waals surface area (Å²) in [6.45, 7) is 4.67. The number of unbranched alkanes of at least 4 members (excludes halogenated alkanes) is 1. The van der Waals surface area contributed by atoms with Crippen molar-refractivity contribution in [2.45, 2.75) is 26.2 Å². The summed E-state index contributed by atoms with van der Waals surface area (Å²) in [4.78, 5) is 24.6. The molecule has 1 N–H and O–H groups in total. The Bertz CT molecular complexity index is 1080. The monoisotopic (exact) mass is 425 g/mol. The number of hydrogen-bond acceptors (Lipinski definition) is 5. The SMILES string of the molecule is CCOc1ccccc1OCCNCCCCC(=O)c1ccc2c(c1)n(C)c(=O)n2C. The van der Waals surface area contributed by atoms with Crippen molar-refractivity contribution >= 4 is 16.8 Å². The maximum atomic E-state index is 12.5. The smallest absolute Gasteiger partial charge is 0.328 e. The number of ether oxygens (including phenoxy) is 2. The van der Waals surface area contributed by atoms with Gasteiger partial charge in [-0.3, -0.25) is 13.9 Å². The third kappa shape index (κ3) is 5.55. The van der Waals surface area contributed by atoms with Crippen molar-refractivity contribution in [3.8, 4) is 11.5 Å². The molecule has 0 fully saturated rings. The van der Waals surface area contributed by atoms with Crippen LogP contribution in [0.4, 0.5) is 0 Å². The summed E-state index contributed by atoms with van der Waals surface area (Å²) in [5, 5.41) is 3.34. The Morgan fingerprint density at radius 2 is 1.65 bits per heavy atom. The molecule has 3 aromatic rings. The molecule has 1 heterocycles. The van der Waals surface area contributed by atoms with E-state index in [1.807, 2.05) is 43.3 Å². The Hall–Kier alpha value is -3.06. The molecule has 0 saturated heterocycles. The molecular formula is C24H31N3O4. The van der Waals surface area contributed by atoms with Gasteiger partial charge in [-0.25, -0.2) is 4.79 Å². The molecule has 0 atom stereocenters. The van der Waals surface area contributed by atoms with Crippen LogP contribution in [0, 0.1) is 0 Å². The first-order chi connectivity index (χ1) is 15.0. The Kier molecular flexibility index (Phi) is 7.89. The minimum atomic E-state index is -0.0870. The van der Waals surface area contributed by atoms with Crippen LogP contribution in [0.1, 0.15) is 36.5 Å². The summed E-state index contributed by atoms with van der Waals surface area (Å²) in [7, 11) is 3.46. The van der Waals surface area contributed by atoms with Crippen LogP contribution < -0.4 is 20.5 Å². The lowest BCUT2D eigenvalue weighted by Crippen LogP contribution is -2.22. The number of nitrogens with zero attached hydrogens (tertiary/aromatic N) is 2. The van der Waals surface area contributed by atoms with Crippen molar-refractivity contribution in [3.63, 3.8) is 0 Å². The quantitative estimate of drug-likeness (QED) is 0.356. The van der Waals surface area contributed by atoms with E-state index >= 15 is 0 Å². The maximum absolute atomic E-state index is 12.5. The molecule has 31 heavy (non-hydrogen) atoms. The number of benzene rings is 2. The summed E-state index contributed by atoms with van der Waals surface area (Å²) in [6.07, 6.45) is 2.21. The number of Topliss-reactive ketones (excluding diaryl/α,β-unsaturated/α-hetero) is 1. The molecular weight excluding hydrogens is 394 g/mol. The normalized spacial score (nSPS) is 11.1. The Balaban J connectivity index is 1.36. The van der Waals surface area contributed by atoms with Crippen LogP contribution >= 0.6 is 0 Å². The fourth-order valence-electron chi connectivity index (χ4n) is 3.56. The van der Waals surface area contributed by atoms with Crippen LogP contribution in [0.15, 0.2) is 47.3 Å². The zero-order chi connectivity index (χ0) is 22.2. The van der Waals surface area contributed by atoms with Gasteiger partial charge in [-0.1, -0.05) is 12.1 Å². The minimum absolute atomic E-state index is 0.0870. The molecule has 0 radical (unpaired) electrons. The average molecular weight is 426 g/mol. The Morgan fingerprint density at radius 3 is 2.39 bits per heavy atom. The predicted octanol–water partition coefficient (Wildman–Crippen LogP) is 3.30. The Labute approximate surface area is 182 Å². The van der Waals surface area contributed by atoms with Crippen molar-refractivity contribution in [3.05, 3.63) is 58.5 Å². The molecule has 1 aromatic heterocycles. The van der Waals surface area contributed by atoms with Crippen molar-refractivity contribution in [1.82, 2.24) is 14.5 Å². The summed E-state index contributed by atoms with van der Waals surface area (Å²) in [5.41, 5.74) is 2.18. The molecule has 0 bridgehead atoms. The third-order valence-electron chi connectivity index (χ3n) is 5.29. The first-order valence-corrected chi connectivity index (χ1v) is 10.8. The van der Waals surface area contributed by atoms with Gasteiger partial charge in [-0.2, -0.15) is 0 Å². The van der Waals surface area contributed by atoms with Gasteiger partial charge in [-0.05, 0) is 56.6 Å². The number of rotatable bonds is 12. The molecule has 3 rings (SSSR count). The van der Waals surface area contributed by atoms with E-state index in [2.05, 4.69) is 5.32 Å². The summed E-state index contributed by atoms with van der Waals surface area (Å²) in [6, 6.07) is 13.1. The first kappa shape index (κ1) is 22.6. The molecule has 0 amide bonds. The first-order valence-electron chi connectivity index (χ1n) is 10.8. The number of nitrogens with one attached hydrogen (secondary N) is 1. The zero-order valence-electron chi connectivity index (χ0n) is 18.5. The second-order valence-electron chi connectivity index (χ2n) is 7.46. The average Bonchev–Trinajstić information content (AvgIpc) is 3.00. The van der Waals surface area contributed by atoms with Crippen LogP contribution in [0.2, 0.25) is 0 Å². The summed E-state index contributed by atoms with van der Waals surface area (Å²) >= 11 is 0. The van der Waals surface area contributed by atoms with E-state index < -0.39 is 0 Å². The number of imidazole rings is 1. The molecule has 166 valence electrons. The topological polar surface area (TPSA) is 74.5 Å². The summed E-state index contributed by atoms with van der Waals surface area (Å²) in [5.74, 6) is 1.62. The number of carbonyl (C=O) groups excluding carboxylic acids is 1. The van der Waals surface area contributed by atoms with Crippen molar-refractivity contribution in [1.29, 1.82) is 0 Å². The van der Waals surface area contributed by atoms with Crippen LogP contribution in [0.25, 0.3) is 11.0 Å². The molecule has 0 aliphatic heterocycles. The van der Waals surface area contributed by atoms with Crippen molar-refractivity contribution in [2.24, 2.45) is 14.1 Å². The second kappa shape index (κ2) is 10.8. The number of carbonyl (C=O) groups is 1. The van der Waals surface area contributed by atoms with Gasteiger partial charge in [0.2, 0.25) is 0 Å². The molecule has 2 aromatic carbocycles. The number of para-hydroxylation sites is 2. The van der Waals surface area contributed by atoms with Crippen LogP contribution in [-0.4, -0.2) is 41.2 Å². The van der Waals surface area contributed by atoms with Gasteiger partial charge in [0.05, 0.1) is 17.6 Å². The number of aromatic nitrogens is 2. The van der Waals surface area contributed by atoms with Crippen molar-refractivity contribution in [2.75, 3.05) is 26.3 Å². The minimum Gasteiger partial charge on any atom is -0.490 e. The highest BCUT2D eigenvalue weighted by Crippen LogP contribution is 2.26. The lowest BCUT2D eigenvalue weighted by atomic mass is 10.0. The highest BCUT2D eigenvalue weighted by molar-refractivity contribution is 5.99. The predicted molar refractivity (Wildman–Crippen MR) is 122 cm³/mol. The number of hydrogen-bond donors (Lipinski definition) is 1. The van der Waals surface area contributed by atoms with Crippen LogP contribution in [0.5, 0.6) is 11.5 Å². The third-order valence-corrected chi connectivity index (χ3v) is 5.29. The highest BCUT2D eigenvalue weighted by Gasteiger charge is 2.12. The molecule has 0 spiro atoms. The molecule has 0 unspecified atom stereocenters. The van der Waals surface area contributed by atoms with E-state index in [0.717, 1.165) is 48.5 Å². The molecule has 7 nitrogen and oxygen atoms in total. The fourth-order valence-corrected chi connectivity index (χ4v) is 3.56.